The lowest BCUT2D eigenvalue weighted by Crippen LogP contribution is -2.58. The van der Waals surface area contributed by atoms with Gasteiger partial charge in [0.05, 0.1) is 5.69 Å². The van der Waals surface area contributed by atoms with Crippen molar-refractivity contribution in [2.24, 2.45) is 0 Å². The van der Waals surface area contributed by atoms with Crippen LogP contribution in [0.25, 0.3) is 0 Å². The molecule has 0 radical (unpaired) electrons. The molecule has 0 saturated carbocycles. The van der Waals surface area contributed by atoms with Gasteiger partial charge in [0.2, 0.25) is 5.91 Å². The Morgan fingerprint density at radius 3 is 2.58 bits per heavy atom. The summed E-state index contributed by atoms with van der Waals surface area (Å²) in [5.74, 6) is -0.555. The Balaban J connectivity index is 1.64. The van der Waals surface area contributed by atoms with E-state index in [0.29, 0.717) is 17.3 Å². The minimum atomic E-state index is -0.690. The summed E-state index contributed by atoms with van der Waals surface area (Å²) in [5.41, 5.74) is 0.230. The Labute approximate surface area is 155 Å². The van der Waals surface area contributed by atoms with Gasteiger partial charge in [0.15, 0.2) is 6.61 Å². The number of amides is 2. The Morgan fingerprint density at radius 1 is 1.19 bits per heavy atom. The molecule has 1 fully saturated rings. The number of rotatable bonds is 4. The number of anilines is 1. The molecule has 0 aliphatic carbocycles. The molecule has 0 N–H and O–H groups in total. The second kappa shape index (κ2) is 7.74. The molecular weight excluding hydrogens is 359 g/mol. The molecule has 0 bridgehead atoms. The van der Waals surface area contributed by atoms with Crippen LogP contribution in [0.2, 0.25) is 5.02 Å². The topological polar surface area (TPSA) is 49.9 Å². The van der Waals surface area contributed by atoms with Gasteiger partial charge in [-0.2, -0.15) is 0 Å². The Hall–Kier alpha value is -2.60. The number of benzene rings is 2. The molecule has 136 valence electrons. The van der Waals surface area contributed by atoms with E-state index in [4.69, 9.17) is 16.3 Å². The zero-order chi connectivity index (χ0) is 18.7. The summed E-state index contributed by atoms with van der Waals surface area (Å²) >= 11 is 5.81. The van der Waals surface area contributed by atoms with Gasteiger partial charge in [-0.05, 0) is 43.3 Å². The number of ether oxygens (including phenoxy) is 1. The summed E-state index contributed by atoms with van der Waals surface area (Å²) in [6.07, 6.45) is 0. The van der Waals surface area contributed by atoms with Crippen LogP contribution < -0.4 is 9.64 Å². The molecule has 2 aromatic rings. The molecule has 7 heteroatoms. The number of hydrogen-bond acceptors (Lipinski definition) is 3. The van der Waals surface area contributed by atoms with Gasteiger partial charge in [-0.25, -0.2) is 4.39 Å². The van der Waals surface area contributed by atoms with Crippen molar-refractivity contribution in [3.05, 3.63) is 59.4 Å². The van der Waals surface area contributed by atoms with Gasteiger partial charge in [-0.15, -0.1) is 0 Å². The molecule has 1 unspecified atom stereocenters. The summed E-state index contributed by atoms with van der Waals surface area (Å²) in [7, 11) is 0. The number of para-hydroxylation sites is 1. The molecular formula is C19H18ClFN2O3. The van der Waals surface area contributed by atoms with Crippen molar-refractivity contribution >= 4 is 29.1 Å². The maximum atomic E-state index is 14.0. The maximum absolute atomic E-state index is 14.0. The highest BCUT2D eigenvalue weighted by Crippen LogP contribution is 2.23. The Kier molecular flexibility index (Phi) is 5.42. The lowest BCUT2D eigenvalue weighted by atomic mass is 10.1. The fourth-order valence-corrected chi connectivity index (χ4v) is 3.01. The van der Waals surface area contributed by atoms with Gasteiger partial charge < -0.3 is 14.5 Å². The van der Waals surface area contributed by atoms with E-state index in [0.717, 1.165) is 0 Å². The summed E-state index contributed by atoms with van der Waals surface area (Å²) in [6, 6.07) is 12.1. The predicted molar refractivity (Wildman–Crippen MR) is 96.9 cm³/mol. The number of piperazine rings is 1. The molecule has 5 nitrogen and oxygen atoms in total. The van der Waals surface area contributed by atoms with Gasteiger partial charge in [0, 0.05) is 18.1 Å². The van der Waals surface area contributed by atoms with Crippen LogP contribution in [-0.2, 0) is 9.59 Å². The fraction of sp³-hybridized carbons (Fsp3) is 0.263. The van der Waals surface area contributed by atoms with Crippen molar-refractivity contribution < 1.29 is 18.7 Å². The summed E-state index contributed by atoms with van der Waals surface area (Å²) < 4.78 is 19.4. The van der Waals surface area contributed by atoms with E-state index in [1.807, 2.05) is 0 Å². The highest BCUT2D eigenvalue weighted by Gasteiger charge is 2.35. The van der Waals surface area contributed by atoms with E-state index in [2.05, 4.69) is 0 Å². The average molecular weight is 377 g/mol. The molecule has 2 amide bonds. The average Bonchev–Trinajstić information content (AvgIpc) is 2.64. The van der Waals surface area contributed by atoms with E-state index >= 15 is 0 Å². The molecule has 0 spiro atoms. The van der Waals surface area contributed by atoms with Crippen LogP contribution in [0, 0.1) is 5.82 Å². The van der Waals surface area contributed by atoms with Crippen molar-refractivity contribution in [2.45, 2.75) is 13.0 Å². The molecule has 26 heavy (non-hydrogen) atoms. The molecule has 3 rings (SSSR count). The second-order valence-electron chi connectivity index (χ2n) is 5.95. The molecule has 0 aromatic heterocycles. The van der Waals surface area contributed by atoms with E-state index < -0.39 is 11.9 Å². The zero-order valence-electron chi connectivity index (χ0n) is 14.2. The predicted octanol–water partition coefficient (Wildman–Crippen LogP) is 3.12. The van der Waals surface area contributed by atoms with Crippen molar-refractivity contribution in [3.8, 4) is 5.75 Å². The van der Waals surface area contributed by atoms with Crippen molar-refractivity contribution in [1.29, 1.82) is 0 Å². The van der Waals surface area contributed by atoms with Crippen molar-refractivity contribution in [1.82, 2.24) is 4.90 Å². The maximum Gasteiger partial charge on any atom is 0.261 e. The van der Waals surface area contributed by atoms with Crippen LogP contribution in [0.3, 0.4) is 0 Å². The van der Waals surface area contributed by atoms with E-state index in [9.17, 15) is 14.0 Å². The lowest BCUT2D eigenvalue weighted by molar-refractivity contribution is -0.142. The first-order chi connectivity index (χ1) is 12.5. The third-order valence-corrected chi connectivity index (χ3v) is 4.55. The normalized spacial score (nSPS) is 17.3. The largest absolute Gasteiger partial charge is 0.484 e. The molecule has 1 heterocycles. The Bertz CT molecular complexity index is 813. The highest BCUT2D eigenvalue weighted by molar-refractivity contribution is 6.30. The summed E-state index contributed by atoms with van der Waals surface area (Å²) in [6.45, 7) is 2.00. The third kappa shape index (κ3) is 3.80. The van der Waals surface area contributed by atoms with E-state index in [-0.39, 0.29) is 30.7 Å². The first-order valence-electron chi connectivity index (χ1n) is 8.21. The zero-order valence-corrected chi connectivity index (χ0v) is 14.9. The molecule has 1 saturated heterocycles. The number of hydrogen-bond donors (Lipinski definition) is 0. The quantitative estimate of drug-likeness (QED) is 0.823. The number of carbonyl (C=O) groups is 2. The number of halogens is 2. The first-order valence-corrected chi connectivity index (χ1v) is 8.59. The molecule has 1 aliphatic heterocycles. The monoisotopic (exact) mass is 376 g/mol. The highest BCUT2D eigenvalue weighted by atomic mass is 35.5. The minimum absolute atomic E-state index is 0.182. The van der Waals surface area contributed by atoms with Crippen LogP contribution in [0.5, 0.6) is 5.75 Å². The van der Waals surface area contributed by atoms with Gasteiger partial charge in [-0.3, -0.25) is 9.59 Å². The van der Waals surface area contributed by atoms with Gasteiger partial charge in [-0.1, -0.05) is 23.7 Å². The second-order valence-corrected chi connectivity index (χ2v) is 6.38. The fourth-order valence-electron chi connectivity index (χ4n) is 2.88. The summed E-state index contributed by atoms with van der Waals surface area (Å²) in [4.78, 5) is 27.9. The Morgan fingerprint density at radius 2 is 1.88 bits per heavy atom. The number of nitrogens with zero attached hydrogens (tertiary/aromatic N) is 2. The summed E-state index contributed by atoms with van der Waals surface area (Å²) in [5, 5.41) is 0.576. The lowest BCUT2D eigenvalue weighted by Gasteiger charge is -2.39. The van der Waals surface area contributed by atoms with Gasteiger partial charge in [0.1, 0.15) is 17.6 Å². The van der Waals surface area contributed by atoms with E-state index in [1.54, 1.807) is 49.4 Å². The first kappa shape index (κ1) is 18.2. The third-order valence-electron chi connectivity index (χ3n) is 4.29. The van der Waals surface area contributed by atoms with Crippen LogP contribution in [-0.4, -0.2) is 42.5 Å². The molecule has 2 aromatic carbocycles. The van der Waals surface area contributed by atoms with Gasteiger partial charge in [0.25, 0.3) is 5.91 Å². The van der Waals surface area contributed by atoms with Crippen LogP contribution in [0.15, 0.2) is 48.5 Å². The smallest absolute Gasteiger partial charge is 0.261 e. The minimum Gasteiger partial charge on any atom is -0.484 e. The molecule has 1 atom stereocenters. The number of carbonyl (C=O) groups excluding carboxylic acids is 2. The van der Waals surface area contributed by atoms with Crippen molar-refractivity contribution in [2.75, 3.05) is 24.6 Å². The van der Waals surface area contributed by atoms with Crippen LogP contribution >= 0.6 is 11.6 Å². The SMILES string of the molecule is CC1C(=O)N(c2ccccc2F)CCN1C(=O)COc1ccc(Cl)cc1. The van der Waals surface area contributed by atoms with Crippen LogP contribution in [0.4, 0.5) is 10.1 Å². The van der Waals surface area contributed by atoms with Crippen LogP contribution in [0.1, 0.15) is 6.92 Å². The standard InChI is InChI=1S/C19H18ClFN2O3/c1-13-19(25)23(17-5-3-2-4-16(17)21)11-10-22(13)18(24)12-26-15-8-6-14(20)7-9-15/h2-9,13H,10-12H2,1H3. The van der Waals surface area contributed by atoms with E-state index in [1.165, 1.54) is 15.9 Å². The van der Waals surface area contributed by atoms with Gasteiger partial charge >= 0.3 is 0 Å². The van der Waals surface area contributed by atoms with Crippen molar-refractivity contribution in [3.63, 3.8) is 0 Å². The molecule has 1 aliphatic rings.